The molecule has 0 saturated carbocycles. The summed E-state index contributed by atoms with van der Waals surface area (Å²) in [6.45, 7) is 4.18. The second-order valence-electron chi connectivity index (χ2n) is 5.34. The molecule has 0 atom stereocenters. The summed E-state index contributed by atoms with van der Waals surface area (Å²) in [6.07, 6.45) is 7.42. The van der Waals surface area contributed by atoms with Crippen LogP contribution in [0.4, 0.5) is 5.69 Å². The van der Waals surface area contributed by atoms with E-state index >= 15 is 0 Å². The fourth-order valence-corrected chi connectivity index (χ4v) is 3.28. The Balaban J connectivity index is 1.83. The molecule has 2 aromatic rings. The fraction of sp³-hybridized carbons (Fsp3) is 0.0476. The third kappa shape index (κ3) is 4.37. The molecule has 3 nitrogen and oxygen atoms in total. The third-order valence-corrected chi connectivity index (χ3v) is 4.54. The van der Waals surface area contributed by atoms with Crippen molar-refractivity contribution in [2.24, 2.45) is 4.99 Å². The van der Waals surface area contributed by atoms with Gasteiger partial charge in [0.15, 0.2) is 5.17 Å². The van der Waals surface area contributed by atoms with E-state index in [1.165, 1.54) is 11.8 Å². The van der Waals surface area contributed by atoms with Crippen molar-refractivity contribution in [1.29, 1.82) is 0 Å². The van der Waals surface area contributed by atoms with Crippen molar-refractivity contribution in [1.82, 2.24) is 4.90 Å². The van der Waals surface area contributed by atoms with Gasteiger partial charge in [0.2, 0.25) is 0 Å². The zero-order chi connectivity index (χ0) is 17.5. The van der Waals surface area contributed by atoms with Gasteiger partial charge < -0.3 is 0 Å². The molecule has 0 radical (unpaired) electrons. The van der Waals surface area contributed by atoms with E-state index in [1.54, 1.807) is 11.0 Å². The molecule has 2 aromatic carbocycles. The molecule has 1 heterocycles. The van der Waals surface area contributed by atoms with Crippen molar-refractivity contribution in [2.45, 2.75) is 0 Å². The number of para-hydroxylation sites is 1. The number of aliphatic imine (C=N–C) groups is 1. The van der Waals surface area contributed by atoms with E-state index in [1.807, 2.05) is 78.9 Å². The molecule has 0 bridgehead atoms. The Morgan fingerprint density at radius 3 is 2.40 bits per heavy atom. The maximum absolute atomic E-state index is 12.6. The van der Waals surface area contributed by atoms with Crippen LogP contribution >= 0.6 is 11.8 Å². The highest BCUT2D eigenvalue weighted by atomic mass is 32.2. The Hall–Kier alpha value is -2.85. The van der Waals surface area contributed by atoms with Gasteiger partial charge in [-0.15, -0.1) is 6.58 Å². The maximum atomic E-state index is 12.6. The minimum Gasteiger partial charge on any atom is -0.283 e. The molecule has 1 aliphatic heterocycles. The highest BCUT2D eigenvalue weighted by molar-refractivity contribution is 8.18. The van der Waals surface area contributed by atoms with Gasteiger partial charge in [-0.2, -0.15) is 0 Å². The molecule has 1 amide bonds. The summed E-state index contributed by atoms with van der Waals surface area (Å²) in [6, 6.07) is 19.6. The molecule has 1 aliphatic rings. The average molecular weight is 346 g/mol. The van der Waals surface area contributed by atoms with E-state index in [4.69, 9.17) is 0 Å². The first-order valence-corrected chi connectivity index (χ1v) is 8.77. The minimum absolute atomic E-state index is 0.0442. The molecule has 4 heteroatoms. The van der Waals surface area contributed by atoms with E-state index in [2.05, 4.69) is 11.6 Å². The van der Waals surface area contributed by atoms with Crippen molar-refractivity contribution in [3.05, 3.63) is 95.9 Å². The van der Waals surface area contributed by atoms with Crippen molar-refractivity contribution >= 4 is 34.6 Å². The predicted octanol–water partition coefficient (Wildman–Crippen LogP) is 5.03. The first-order valence-electron chi connectivity index (χ1n) is 7.95. The molecule has 3 rings (SSSR count). The van der Waals surface area contributed by atoms with Crippen LogP contribution in [-0.4, -0.2) is 22.5 Å². The van der Waals surface area contributed by atoms with Gasteiger partial charge in [0.25, 0.3) is 5.91 Å². The maximum Gasteiger partial charge on any atom is 0.267 e. The lowest BCUT2D eigenvalue weighted by molar-refractivity contribution is -0.121. The number of nitrogens with zero attached hydrogens (tertiary/aromatic N) is 2. The zero-order valence-electron chi connectivity index (χ0n) is 13.7. The Morgan fingerprint density at radius 2 is 1.72 bits per heavy atom. The van der Waals surface area contributed by atoms with Gasteiger partial charge in [0, 0.05) is 6.54 Å². The number of allylic oxidation sites excluding steroid dienone is 2. The van der Waals surface area contributed by atoms with Crippen LogP contribution in [0.1, 0.15) is 5.56 Å². The molecule has 1 saturated heterocycles. The van der Waals surface area contributed by atoms with Gasteiger partial charge in [-0.3, -0.25) is 9.69 Å². The summed E-state index contributed by atoms with van der Waals surface area (Å²) in [5.74, 6) is -0.0442. The monoisotopic (exact) mass is 346 g/mol. The fourth-order valence-electron chi connectivity index (χ4n) is 2.32. The SMILES string of the molecule is C=CCN1C(=O)/C(=C\C=C\c2ccccc2)SC1=Nc1ccccc1. The molecule has 0 spiro atoms. The number of rotatable bonds is 5. The molecular weight excluding hydrogens is 328 g/mol. The standard InChI is InChI=1S/C21H18N2OS/c1-2-16-23-20(24)19(15-9-12-17-10-5-3-6-11-17)25-21(23)22-18-13-7-4-8-14-18/h2-15H,1,16H2/b12-9+,19-15+,22-21?. The van der Waals surface area contributed by atoms with Crippen LogP contribution in [0.15, 0.2) is 95.4 Å². The largest absolute Gasteiger partial charge is 0.283 e. The molecule has 0 aliphatic carbocycles. The van der Waals surface area contributed by atoms with E-state index in [0.29, 0.717) is 16.6 Å². The van der Waals surface area contributed by atoms with Gasteiger partial charge in [-0.1, -0.05) is 66.8 Å². The summed E-state index contributed by atoms with van der Waals surface area (Å²) in [5.41, 5.74) is 1.92. The molecule has 124 valence electrons. The van der Waals surface area contributed by atoms with Crippen LogP contribution in [0.2, 0.25) is 0 Å². The molecule has 0 unspecified atom stereocenters. The number of hydrogen-bond donors (Lipinski definition) is 0. The smallest absolute Gasteiger partial charge is 0.267 e. The average Bonchev–Trinajstić information content (AvgIpc) is 2.93. The van der Waals surface area contributed by atoms with Gasteiger partial charge in [-0.25, -0.2) is 4.99 Å². The highest BCUT2D eigenvalue weighted by Crippen LogP contribution is 2.32. The second kappa shape index (κ2) is 8.31. The topological polar surface area (TPSA) is 32.7 Å². The van der Waals surface area contributed by atoms with Crippen molar-refractivity contribution in [3.63, 3.8) is 0 Å². The Kier molecular flexibility index (Phi) is 5.65. The van der Waals surface area contributed by atoms with Crippen LogP contribution in [0, 0.1) is 0 Å². The summed E-state index contributed by atoms with van der Waals surface area (Å²) in [4.78, 5) is 19.5. The Morgan fingerprint density at radius 1 is 1.04 bits per heavy atom. The lowest BCUT2D eigenvalue weighted by Gasteiger charge is -2.12. The van der Waals surface area contributed by atoms with Crippen molar-refractivity contribution < 1.29 is 4.79 Å². The van der Waals surface area contributed by atoms with Gasteiger partial charge in [-0.05, 0) is 35.5 Å². The number of thioether (sulfide) groups is 1. The van der Waals surface area contributed by atoms with Gasteiger partial charge >= 0.3 is 0 Å². The number of benzene rings is 2. The zero-order valence-corrected chi connectivity index (χ0v) is 14.5. The normalized spacial score (nSPS) is 17.8. The third-order valence-electron chi connectivity index (χ3n) is 3.52. The van der Waals surface area contributed by atoms with Crippen LogP contribution in [0.5, 0.6) is 0 Å². The van der Waals surface area contributed by atoms with E-state index in [-0.39, 0.29) is 5.91 Å². The molecular formula is C21H18N2OS. The lowest BCUT2D eigenvalue weighted by atomic mass is 10.2. The summed E-state index contributed by atoms with van der Waals surface area (Å²) < 4.78 is 0. The summed E-state index contributed by atoms with van der Waals surface area (Å²) in [5, 5.41) is 0.676. The number of carbonyl (C=O) groups is 1. The van der Waals surface area contributed by atoms with Crippen LogP contribution in [-0.2, 0) is 4.79 Å². The first kappa shape index (κ1) is 17.0. The molecule has 25 heavy (non-hydrogen) atoms. The highest BCUT2D eigenvalue weighted by Gasteiger charge is 2.32. The number of carbonyl (C=O) groups excluding carboxylic acids is 1. The van der Waals surface area contributed by atoms with E-state index in [0.717, 1.165) is 11.3 Å². The van der Waals surface area contributed by atoms with Crippen LogP contribution in [0.25, 0.3) is 6.08 Å². The number of amides is 1. The van der Waals surface area contributed by atoms with Gasteiger partial charge in [0.1, 0.15) is 0 Å². The second-order valence-corrected chi connectivity index (χ2v) is 6.35. The van der Waals surface area contributed by atoms with Crippen LogP contribution < -0.4 is 0 Å². The lowest BCUT2D eigenvalue weighted by Crippen LogP contribution is -2.29. The molecule has 0 aromatic heterocycles. The van der Waals surface area contributed by atoms with E-state index < -0.39 is 0 Å². The Bertz CT molecular complexity index is 839. The number of hydrogen-bond acceptors (Lipinski definition) is 3. The minimum atomic E-state index is -0.0442. The number of amidine groups is 1. The summed E-state index contributed by atoms with van der Waals surface area (Å²) >= 11 is 1.39. The van der Waals surface area contributed by atoms with Crippen molar-refractivity contribution in [3.8, 4) is 0 Å². The van der Waals surface area contributed by atoms with Crippen molar-refractivity contribution in [2.75, 3.05) is 6.54 Å². The first-order chi connectivity index (χ1) is 12.3. The molecule has 0 N–H and O–H groups in total. The van der Waals surface area contributed by atoms with Crippen LogP contribution in [0.3, 0.4) is 0 Å². The quantitative estimate of drug-likeness (QED) is 0.562. The summed E-state index contributed by atoms with van der Waals surface area (Å²) in [7, 11) is 0. The Labute approximate surface area is 152 Å². The van der Waals surface area contributed by atoms with Gasteiger partial charge in [0.05, 0.1) is 10.6 Å². The molecule has 1 fully saturated rings. The van der Waals surface area contributed by atoms with E-state index in [9.17, 15) is 4.79 Å². The predicted molar refractivity (Wildman–Crippen MR) is 107 cm³/mol.